The first-order valence-electron chi connectivity index (χ1n) is 33.6. The van der Waals surface area contributed by atoms with E-state index in [4.69, 9.17) is 14.2 Å². The average Bonchev–Trinajstić information content (AvgIpc) is 3.44. The van der Waals surface area contributed by atoms with Gasteiger partial charge in [0.2, 0.25) is 0 Å². The summed E-state index contributed by atoms with van der Waals surface area (Å²) in [4.78, 5) is 38.1. The van der Waals surface area contributed by atoms with Crippen LogP contribution in [0.1, 0.15) is 335 Å². The lowest BCUT2D eigenvalue weighted by Gasteiger charge is -2.18. The van der Waals surface area contributed by atoms with Gasteiger partial charge >= 0.3 is 17.9 Å². The van der Waals surface area contributed by atoms with E-state index in [1.807, 2.05) is 0 Å². The van der Waals surface area contributed by atoms with Gasteiger partial charge in [0.1, 0.15) is 13.2 Å². The number of allylic oxidation sites excluding steroid dienone is 14. The van der Waals surface area contributed by atoms with Gasteiger partial charge in [-0.2, -0.15) is 0 Å². The van der Waals surface area contributed by atoms with E-state index in [1.165, 1.54) is 199 Å². The second kappa shape index (κ2) is 66.1. The maximum atomic E-state index is 12.9. The Labute approximate surface area is 484 Å². The minimum absolute atomic E-state index is 0.0748. The second-order valence-corrected chi connectivity index (χ2v) is 22.4. The van der Waals surface area contributed by atoms with E-state index < -0.39 is 6.10 Å². The predicted octanol–water partition coefficient (Wildman–Crippen LogP) is 23.1. The molecule has 0 amide bonds. The van der Waals surface area contributed by atoms with Gasteiger partial charge in [-0.05, 0) is 96.3 Å². The van der Waals surface area contributed by atoms with Crippen molar-refractivity contribution in [3.8, 4) is 0 Å². The summed E-state index contributed by atoms with van der Waals surface area (Å²) in [5, 5.41) is 0. The minimum Gasteiger partial charge on any atom is -0.462 e. The van der Waals surface area contributed by atoms with Crippen molar-refractivity contribution in [1.82, 2.24) is 0 Å². The van der Waals surface area contributed by atoms with Crippen LogP contribution in [0.15, 0.2) is 85.1 Å². The van der Waals surface area contributed by atoms with Crippen LogP contribution in [0.25, 0.3) is 0 Å². The molecule has 0 aromatic carbocycles. The summed E-state index contributed by atoms with van der Waals surface area (Å²) in [5.41, 5.74) is 0. The summed E-state index contributed by atoms with van der Waals surface area (Å²) in [6.45, 7) is 6.49. The smallest absolute Gasteiger partial charge is 0.306 e. The molecule has 0 aliphatic carbocycles. The quantitative estimate of drug-likeness (QED) is 0.0261. The Morgan fingerprint density at radius 3 is 0.782 bits per heavy atom. The molecule has 6 heteroatoms. The third kappa shape index (κ3) is 63.4. The van der Waals surface area contributed by atoms with Crippen LogP contribution in [0.2, 0.25) is 0 Å². The van der Waals surface area contributed by atoms with Gasteiger partial charge in [-0.1, -0.05) is 305 Å². The molecular formula is C72H126O6. The minimum atomic E-state index is -0.775. The predicted molar refractivity (Wildman–Crippen MR) is 339 cm³/mol. The van der Waals surface area contributed by atoms with Crippen LogP contribution in [0.3, 0.4) is 0 Å². The second-order valence-electron chi connectivity index (χ2n) is 22.4. The van der Waals surface area contributed by atoms with Gasteiger partial charge in [-0.25, -0.2) is 0 Å². The van der Waals surface area contributed by atoms with Crippen molar-refractivity contribution in [3.05, 3.63) is 85.1 Å². The molecule has 0 aromatic heterocycles. The van der Waals surface area contributed by atoms with Crippen LogP contribution in [0, 0.1) is 0 Å². The highest BCUT2D eigenvalue weighted by molar-refractivity contribution is 5.71. The van der Waals surface area contributed by atoms with Gasteiger partial charge in [-0.3, -0.25) is 14.4 Å². The number of unbranched alkanes of at least 4 members (excludes halogenated alkanes) is 36. The largest absolute Gasteiger partial charge is 0.462 e. The number of carbonyl (C=O) groups excluding carboxylic acids is 3. The van der Waals surface area contributed by atoms with E-state index in [1.54, 1.807) is 0 Å². The van der Waals surface area contributed by atoms with Crippen molar-refractivity contribution >= 4 is 17.9 Å². The third-order valence-corrected chi connectivity index (χ3v) is 14.6. The summed E-state index contributed by atoms with van der Waals surface area (Å²) < 4.78 is 16.8. The Hall–Kier alpha value is -3.41. The number of esters is 3. The molecule has 0 spiro atoms. The Balaban J connectivity index is 4.05. The van der Waals surface area contributed by atoms with Crippen molar-refractivity contribution < 1.29 is 28.6 Å². The van der Waals surface area contributed by atoms with Gasteiger partial charge in [0.25, 0.3) is 0 Å². The van der Waals surface area contributed by atoms with Crippen molar-refractivity contribution in [2.45, 2.75) is 341 Å². The lowest BCUT2D eigenvalue weighted by Crippen LogP contribution is -2.30. The number of carbonyl (C=O) groups is 3. The molecule has 1 atom stereocenters. The molecule has 0 saturated carbocycles. The number of ether oxygens (including phenoxy) is 3. The highest BCUT2D eigenvalue weighted by Gasteiger charge is 2.19. The third-order valence-electron chi connectivity index (χ3n) is 14.6. The Morgan fingerprint density at radius 2 is 0.500 bits per heavy atom. The van der Waals surface area contributed by atoms with Crippen molar-refractivity contribution in [3.63, 3.8) is 0 Å². The molecule has 0 aliphatic heterocycles. The zero-order chi connectivity index (χ0) is 56.4. The summed E-state index contributed by atoms with van der Waals surface area (Å²) in [6, 6.07) is 0. The number of rotatable bonds is 61. The molecule has 450 valence electrons. The first-order chi connectivity index (χ1) is 38.5. The lowest BCUT2D eigenvalue weighted by molar-refractivity contribution is -0.167. The maximum Gasteiger partial charge on any atom is 0.306 e. The van der Waals surface area contributed by atoms with Gasteiger partial charge in [0.05, 0.1) is 0 Å². The molecule has 1 unspecified atom stereocenters. The Morgan fingerprint density at radius 1 is 0.269 bits per heavy atom. The van der Waals surface area contributed by atoms with Crippen molar-refractivity contribution in [1.29, 1.82) is 0 Å². The van der Waals surface area contributed by atoms with E-state index in [-0.39, 0.29) is 31.1 Å². The van der Waals surface area contributed by atoms with Crippen molar-refractivity contribution in [2.24, 2.45) is 0 Å². The van der Waals surface area contributed by atoms with E-state index in [9.17, 15) is 14.4 Å². The SMILES string of the molecule is CC/C=C\C/C=C\C/C=C\C/C=C\CCCCCCCCCCCCCCCCCCC(=O)OCC(COC(=O)CCCCCCCC)OC(=O)CCCCCCCCCCCC/C=C\C/C=C\C/C=C\CCCCCCC. The maximum absolute atomic E-state index is 12.9. The van der Waals surface area contributed by atoms with Crippen molar-refractivity contribution in [2.75, 3.05) is 13.2 Å². The van der Waals surface area contributed by atoms with Gasteiger partial charge in [0, 0.05) is 19.3 Å². The number of hydrogen-bond donors (Lipinski definition) is 0. The van der Waals surface area contributed by atoms with Crippen LogP contribution >= 0.6 is 0 Å². The molecule has 0 fully saturated rings. The summed E-state index contributed by atoms with van der Waals surface area (Å²) in [7, 11) is 0. The normalized spacial score (nSPS) is 12.6. The molecule has 78 heavy (non-hydrogen) atoms. The molecule has 0 saturated heterocycles. The van der Waals surface area contributed by atoms with Crippen LogP contribution < -0.4 is 0 Å². The molecular weight excluding hydrogens is 961 g/mol. The molecule has 0 heterocycles. The molecule has 0 rings (SSSR count). The fourth-order valence-electron chi connectivity index (χ4n) is 9.62. The standard InChI is InChI=1S/C72H126O6/c1-4-7-10-13-16-18-20-22-24-26-28-30-32-34-35-36-37-39-40-42-44-46-48-50-52-54-56-59-62-65-71(74)77-68-69(67-76-70(73)64-61-58-15-12-9-6-3)78-72(75)66-63-60-57-55-53-51-49-47-45-43-41-38-33-31-29-27-25-23-21-19-17-14-11-8-5-2/h7,10,16,18,21-24,27-30,33,38,69H,4-6,8-9,11-15,17,19-20,25-26,31-32,34-37,39-68H2,1-3H3/b10-7-,18-16-,23-21-,24-22-,29-27-,30-28-,38-33-. The Kier molecular flexibility index (Phi) is 63.2. The zero-order valence-electron chi connectivity index (χ0n) is 51.7. The molecule has 0 N–H and O–H groups in total. The first-order valence-corrected chi connectivity index (χ1v) is 33.6. The summed E-state index contributed by atoms with van der Waals surface area (Å²) >= 11 is 0. The van der Waals surface area contributed by atoms with Crippen LogP contribution in [-0.4, -0.2) is 37.2 Å². The highest BCUT2D eigenvalue weighted by atomic mass is 16.6. The fraction of sp³-hybridized carbons (Fsp3) is 0.764. The lowest BCUT2D eigenvalue weighted by atomic mass is 10.0. The fourth-order valence-corrected chi connectivity index (χ4v) is 9.62. The topological polar surface area (TPSA) is 78.9 Å². The average molecular weight is 1090 g/mol. The zero-order valence-corrected chi connectivity index (χ0v) is 51.7. The molecule has 0 radical (unpaired) electrons. The number of hydrogen-bond acceptors (Lipinski definition) is 6. The Bertz CT molecular complexity index is 1480. The van der Waals surface area contributed by atoms with Gasteiger partial charge < -0.3 is 14.2 Å². The van der Waals surface area contributed by atoms with Gasteiger partial charge in [0.15, 0.2) is 6.10 Å². The van der Waals surface area contributed by atoms with Crippen LogP contribution in [0.4, 0.5) is 0 Å². The molecule has 0 bridgehead atoms. The highest BCUT2D eigenvalue weighted by Crippen LogP contribution is 2.17. The monoisotopic (exact) mass is 1090 g/mol. The van der Waals surface area contributed by atoms with Gasteiger partial charge in [-0.15, -0.1) is 0 Å². The molecule has 0 aliphatic rings. The van der Waals surface area contributed by atoms with E-state index >= 15 is 0 Å². The van der Waals surface area contributed by atoms with E-state index in [0.29, 0.717) is 19.3 Å². The van der Waals surface area contributed by atoms with Crippen LogP contribution in [0.5, 0.6) is 0 Å². The molecule has 0 aromatic rings. The summed E-state index contributed by atoms with van der Waals surface area (Å²) in [5.74, 6) is -0.875. The van der Waals surface area contributed by atoms with E-state index in [0.717, 1.165) is 96.3 Å². The molecule has 6 nitrogen and oxygen atoms in total. The first kappa shape index (κ1) is 74.6. The summed E-state index contributed by atoms with van der Waals surface area (Å²) in [6.07, 6.45) is 87.8. The van der Waals surface area contributed by atoms with Crippen LogP contribution in [-0.2, 0) is 28.6 Å². The van der Waals surface area contributed by atoms with E-state index in [2.05, 4.69) is 106 Å².